The number of nitrogens with two attached hydrogens (primary N) is 1. The maximum absolute atomic E-state index is 12.7. The van der Waals surface area contributed by atoms with Crippen molar-refractivity contribution >= 4 is 28.2 Å². The molecule has 0 radical (unpaired) electrons. The molecule has 2 aromatic rings. The van der Waals surface area contributed by atoms with E-state index >= 15 is 0 Å². The number of nitrogens with one attached hydrogen (secondary N) is 1. The van der Waals surface area contributed by atoms with E-state index in [1.165, 1.54) is 23.5 Å². The van der Waals surface area contributed by atoms with Crippen molar-refractivity contribution in [2.75, 3.05) is 12.4 Å². The van der Waals surface area contributed by atoms with E-state index in [0.717, 1.165) is 35.3 Å². The lowest BCUT2D eigenvalue weighted by Crippen LogP contribution is -2.39. The number of likely N-dealkylation sites (N-methyl/N-ethyl adjacent to an activating group) is 1. The van der Waals surface area contributed by atoms with E-state index < -0.39 is 18.6 Å². The molecule has 0 saturated carbocycles. The van der Waals surface area contributed by atoms with Gasteiger partial charge in [0.2, 0.25) is 5.91 Å². The van der Waals surface area contributed by atoms with Crippen LogP contribution >= 0.6 is 11.3 Å². The summed E-state index contributed by atoms with van der Waals surface area (Å²) in [6.45, 7) is -0.668. The van der Waals surface area contributed by atoms with Crippen molar-refractivity contribution in [3.63, 3.8) is 0 Å². The number of alkyl halides is 2. The zero-order valence-electron chi connectivity index (χ0n) is 16.2. The largest absolute Gasteiger partial charge is 0.435 e. The van der Waals surface area contributed by atoms with Gasteiger partial charge in [0.1, 0.15) is 10.8 Å². The Morgan fingerprint density at radius 3 is 2.59 bits per heavy atom. The minimum absolute atomic E-state index is 0.0851. The van der Waals surface area contributed by atoms with Crippen molar-refractivity contribution in [3.8, 4) is 5.75 Å². The molecule has 1 unspecified atom stereocenters. The number of benzene rings is 1. The van der Waals surface area contributed by atoms with Crippen LogP contribution in [-0.4, -0.2) is 36.4 Å². The molecule has 3 rings (SSSR count). The maximum Gasteiger partial charge on any atom is 0.387 e. The van der Waals surface area contributed by atoms with Gasteiger partial charge in [-0.2, -0.15) is 8.78 Å². The molecule has 0 bridgehead atoms. The van der Waals surface area contributed by atoms with Gasteiger partial charge in [-0.25, -0.2) is 0 Å². The molecular weight excluding hydrogens is 400 g/mol. The van der Waals surface area contributed by atoms with Crippen LogP contribution in [0.25, 0.3) is 0 Å². The van der Waals surface area contributed by atoms with E-state index in [4.69, 9.17) is 5.73 Å². The number of fused-ring (bicyclic) bond motifs is 1. The average molecular weight is 423 g/mol. The number of amides is 2. The van der Waals surface area contributed by atoms with Crippen molar-refractivity contribution in [2.45, 2.75) is 45.4 Å². The Morgan fingerprint density at radius 2 is 1.97 bits per heavy atom. The number of primary amides is 1. The highest BCUT2D eigenvalue weighted by Crippen LogP contribution is 2.38. The molecule has 0 fully saturated rings. The molecule has 1 aliphatic rings. The van der Waals surface area contributed by atoms with Crippen molar-refractivity contribution in [1.82, 2.24) is 4.90 Å². The summed E-state index contributed by atoms with van der Waals surface area (Å²) >= 11 is 1.42. The van der Waals surface area contributed by atoms with Crippen molar-refractivity contribution in [1.29, 1.82) is 0 Å². The number of anilines is 1. The lowest BCUT2D eigenvalue weighted by Gasteiger charge is -2.24. The second kappa shape index (κ2) is 8.87. The van der Waals surface area contributed by atoms with E-state index in [1.807, 2.05) is 4.90 Å². The van der Waals surface area contributed by atoms with Gasteiger partial charge >= 0.3 is 6.61 Å². The number of hydrogen-bond acceptors (Lipinski definition) is 5. The van der Waals surface area contributed by atoms with Gasteiger partial charge in [0.25, 0.3) is 5.91 Å². The molecule has 1 aromatic heterocycles. The van der Waals surface area contributed by atoms with E-state index in [9.17, 15) is 18.4 Å². The van der Waals surface area contributed by atoms with Crippen LogP contribution in [0.5, 0.6) is 5.75 Å². The van der Waals surface area contributed by atoms with Gasteiger partial charge in [-0.15, -0.1) is 11.3 Å². The number of carbonyl (C=O) groups is 2. The van der Waals surface area contributed by atoms with Crippen LogP contribution in [0.3, 0.4) is 0 Å². The molecule has 0 saturated heterocycles. The Balaban J connectivity index is 1.63. The number of thiophene rings is 1. The molecular formula is C20H23F2N3O3S. The topological polar surface area (TPSA) is 84.7 Å². The predicted octanol–water partition coefficient (Wildman–Crippen LogP) is 3.40. The van der Waals surface area contributed by atoms with Gasteiger partial charge in [-0.3, -0.25) is 14.5 Å². The number of halogens is 2. The highest BCUT2D eigenvalue weighted by Gasteiger charge is 2.27. The summed E-state index contributed by atoms with van der Waals surface area (Å²) < 4.78 is 28.8. The van der Waals surface area contributed by atoms with Crippen LogP contribution < -0.4 is 15.8 Å². The highest BCUT2D eigenvalue weighted by molar-refractivity contribution is 7.17. The molecule has 2 amide bonds. The quantitative estimate of drug-likeness (QED) is 0.682. The van der Waals surface area contributed by atoms with E-state index in [1.54, 1.807) is 26.1 Å². The fraction of sp³-hybridized carbons (Fsp3) is 0.400. The van der Waals surface area contributed by atoms with Crippen molar-refractivity contribution in [3.05, 3.63) is 45.8 Å². The Kier molecular flexibility index (Phi) is 6.49. The number of hydrogen-bond donors (Lipinski definition) is 2. The molecule has 1 heterocycles. The van der Waals surface area contributed by atoms with Crippen LogP contribution in [0.1, 0.15) is 39.7 Å². The Hall–Kier alpha value is -2.52. The monoisotopic (exact) mass is 423 g/mol. The van der Waals surface area contributed by atoms with Crippen LogP contribution in [0.4, 0.5) is 13.8 Å². The van der Waals surface area contributed by atoms with Crippen LogP contribution in [0.2, 0.25) is 0 Å². The van der Waals surface area contributed by atoms with E-state index in [0.29, 0.717) is 17.1 Å². The normalized spacial score (nSPS) is 14.1. The summed E-state index contributed by atoms with van der Waals surface area (Å²) in [5, 5.41) is 3.37. The number of ether oxygens (including phenoxy) is 1. The van der Waals surface area contributed by atoms with Gasteiger partial charge in [-0.1, -0.05) is 12.1 Å². The van der Waals surface area contributed by atoms with Crippen molar-refractivity contribution in [2.24, 2.45) is 5.73 Å². The lowest BCUT2D eigenvalue weighted by molar-refractivity contribution is -0.120. The molecule has 1 aliphatic carbocycles. The Labute approximate surface area is 171 Å². The summed E-state index contributed by atoms with van der Waals surface area (Å²) in [4.78, 5) is 27.5. The second-order valence-electron chi connectivity index (χ2n) is 7.03. The molecule has 0 spiro atoms. The SMILES string of the molecule is CC(C(=O)Nc1sc2c(c1C(N)=O)CCC2)N(C)Cc1ccc(OC(F)F)cc1. The average Bonchev–Trinajstić information content (AvgIpc) is 3.22. The first kappa shape index (κ1) is 21.2. The first-order valence-electron chi connectivity index (χ1n) is 9.25. The maximum atomic E-state index is 12.7. The van der Waals surface area contributed by atoms with Gasteiger partial charge in [0.05, 0.1) is 11.6 Å². The third-order valence-electron chi connectivity index (χ3n) is 5.03. The van der Waals surface area contributed by atoms with Crippen molar-refractivity contribution < 1.29 is 23.1 Å². The number of rotatable bonds is 8. The first-order valence-corrected chi connectivity index (χ1v) is 10.1. The fourth-order valence-corrected chi connectivity index (χ4v) is 4.67. The lowest BCUT2D eigenvalue weighted by atomic mass is 10.1. The molecule has 29 heavy (non-hydrogen) atoms. The Bertz CT molecular complexity index is 899. The van der Waals surface area contributed by atoms with Gasteiger partial charge in [-0.05, 0) is 56.5 Å². The molecule has 9 heteroatoms. The minimum Gasteiger partial charge on any atom is -0.435 e. The smallest absolute Gasteiger partial charge is 0.387 e. The van der Waals surface area contributed by atoms with E-state index in [2.05, 4.69) is 10.1 Å². The zero-order valence-corrected chi connectivity index (χ0v) is 17.0. The molecule has 0 aliphatic heterocycles. The van der Waals surface area contributed by atoms with Gasteiger partial charge in [0.15, 0.2) is 0 Å². The summed E-state index contributed by atoms with van der Waals surface area (Å²) in [5.74, 6) is -0.679. The number of carbonyl (C=O) groups excluding carboxylic acids is 2. The zero-order chi connectivity index (χ0) is 21.1. The van der Waals surface area contributed by atoms with Crippen LogP contribution in [0, 0.1) is 0 Å². The van der Waals surface area contributed by atoms with Gasteiger partial charge < -0.3 is 15.8 Å². The summed E-state index contributed by atoms with van der Waals surface area (Å²) in [5.41, 5.74) is 7.78. The molecule has 6 nitrogen and oxygen atoms in total. The third-order valence-corrected chi connectivity index (χ3v) is 6.23. The molecule has 156 valence electrons. The van der Waals surface area contributed by atoms with Crippen LogP contribution in [0.15, 0.2) is 24.3 Å². The number of aryl methyl sites for hydroxylation is 1. The van der Waals surface area contributed by atoms with Gasteiger partial charge in [0, 0.05) is 11.4 Å². The number of nitrogens with zero attached hydrogens (tertiary/aromatic N) is 1. The predicted molar refractivity (Wildman–Crippen MR) is 107 cm³/mol. The minimum atomic E-state index is -2.86. The second-order valence-corrected chi connectivity index (χ2v) is 8.13. The molecule has 3 N–H and O–H groups in total. The molecule has 1 aromatic carbocycles. The first-order chi connectivity index (χ1) is 13.8. The fourth-order valence-electron chi connectivity index (χ4n) is 3.37. The Morgan fingerprint density at radius 1 is 1.28 bits per heavy atom. The standard InChI is InChI=1S/C20H23F2N3O3S/c1-11(25(2)10-12-6-8-13(9-7-12)28-20(21)22)18(27)24-19-16(17(23)26)14-4-3-5-15(14)29-19/h6-9,11,20H,3-5,10H2,1-2H3,(H2,23,26)(H,24,27). The van der Waals surface area contributed by atoms with Crippen LogP contribution in [-0.2, 0) is 24.2 Å². The summed E-state index contributed by atoms with van der Waals surface area (Å²) in [6, 6.07) is 5.80. The molecule has 1 atom stereocenters. The highest BCUT2D eigenvalue weighted by atomic mass is 32.1. The summed E-state index contributed by atoms with van der Waals surface area (Å²) in [7, 11) is 1.79. The summed E-state index contributed by atoms with van der Waals surface area (Å²) in [6.07, 6.45) is 2.70. The van der Waals surface area contributed by atoms with E-state index in [-0.39, 0.29) is 11.7 Å². The third kappa shape index (κ3) is 4.91.